The lowest BCUT2D eigenvalue weighted by atomic mass is 10.1. The number of nitrogens with one attached hydrogen (secondary N) is 1. The quantitative estimate of drug-likeness (QED) is 0.364. The Balaban J connectivity index is 0.00000338. The van der Waals surface area contributed by atoms with Gasteiger partial charge < -0.3 is 19.5 Å². The van der Waals surface area contributed by atoms with E-state index < -0.39 is 0 Å². The van der Waals surface area contributed by atoms with Crippen LogP contribution in [-0.2, 0) is 20.0 Å². The zero-order valence-corrected chi connectivity index (χ0v) is 18.6. The second kappa shape index (κ2) is 11.8. The molecule has 0 bridgehead atoms. The van der Waals surface area contributed by atoms with Crippen LogP contribution in [0.25, 0.3) is 0 Å². The summed E-state index contributed by atoms with van der Waals surface area (Å²) in [5.41, 5.74) is 2.51. The van der Waals surface area contributed by atoms with Crippen LogP contribution in [0.4, 0.5) is 0 Å². The lowest BCUT2D eigenvalue weighted by Crippen LogP contribution is -2.39. The minimum Gasteiger partial charge on any atom is -0.494 e. The van der Waals surface area contributed by atoms with E-state index in [1.54, 1.807) is 0 Å². The normalized spacial score (nSPS) is 11.0. The van der Waals surface area contributed by atoms with Crippen molar-refractivity contribution in [1.82, 2.24) is 14.8 Å². The van der Waals surface area contributed by atoms with Crippen LogP contribution >= 0.6 is 24.0 Å². The number of aliphatic imine (C=N–C) groups is 1. The van der Waals surface area contributed by atoms with Gasteiger partial charge in [-0.05, 0) is 50.1 Å². The third-order valence-corrected chi connectivity index (χ3v) is 4.02. The van der Waals surface area contributed by atoms with E-state index in [-0.39, 0.29) is 24.0 Å². The van der Waals surface area contributed by atoms with Crippen molar-refractivity contribution in [3.8, 4) is 5.75 Å². The summed E-state index contributed by atoms with van der Waals surface area (Å²) in [6.07, 6.45) is 2.96. The molecule has 0 spiro atoms. The highest BCUT2D eigenvalue weighted by atomic mass is 127. The Labute approximate surface area is 174 Å². The zero-order valence-electron chi connectivity index (χ0n) is 16.2. The minimum atomic E-state index is 0. The maximum atomic E-state index is 5.56. The van der Waals surface area contributed by atoms with E-state index in [0.29, 0.717) is 6.61 Å². The number of hydrogen-bond acceptors (Lipinski definition) is 2. The van der Waals surface area contributed by atoms with Crippen molar-refractivity contribution in [2.24, 2.45) is 12.0 Å². The monoisotopic (exact) mass is 470 g/mol. The molecule has 0 saturated carbocycles. The molecular weight excluding hydrogens is 439 g/mol. The summed E-state index contributed by atoms with van der Waals surface area (Å²) in [4.78, 5) is 6.94. The average Bonchev–Trinajstić information content (AvgIpc) is 2.99. The first-order chi connectivity index (χ1) is 12.1. The van der Waals surface area contributed by atoms with Crippen molar-refractivity contribution in [2.45, 2.75) is 26.8 Å². The highest BCUT2D eigenvalue weighted by Crippen LogP contribution is 2.13. The number of halogens is 1. The van der Waals surface area contributed by atoms with Gasteiger partial charge in [0.25, 0.3) is 0 Å². The van der Waals surface area contributed by atoms with E-state index in [1.807, 2.05) is 19.1 Å². The topological polar surface area (TPSA) is 41.8 Å². The summed E-state index contributed by atoms with van der Waals surface area (Å²) in [6, 6.07) is 12.5. The molecule has 1 aromatic heterocycles. The van der Waals surface area contributed by atoms with E-state index in [0.717, 1.165) is 37.8 Å². The Morgan fingerprint density at radius 2 is 2.04 bits per heavy atom. The van der Waals surface area contributed by atoms with E-state index in [2.05, 4.69) is 66.3 Å². The van der Waals surface area contributed by atoms with Crippen LogP contribution in [0, 0.1) is 0 Å². The van der Waals surface area contributed by atoms with Crippen LogP contribution in [0.3, 0.4) is 0 Å². The third-order valence-electron chi connectivity index (χ3n) is 4.02. The van der Waals surface area contributed by atoms with Gasteiger partial charge in [-0.2, -0.15) is 0 Å². The van der Waals surface area contributed by atoms with Gasteiger partial charge in [-0.3, -0.25) is 4.99 Å². The van der Waals surface area contributed by atoms with Crippen molar-refractivity contribution in [3.63, 3.8) is 0 Å². The van der Waals surface area contributed by atoms with Gasteiger partial charge >= 0.3 is 0 Å². The standard InChI is InChI=1S/C20H30N4O.HI/c1-5-21-20(24(4)16-18-10-8-14-23(18)3)22-13-12-17-9-7-11-19(15-17)25-6-2;/h7-11,14-15H,5-6,12-13,16H2,1-4H3,(H,21,22);1H. The van der Waals surface area contributed by atoms with Crippen LogP contribution < -0.4 is 10.1 Å². The average molecular weight is 470 g/mol. The highest BCUT2D eigenvalue weighted by molar-refractivity contribution is 14.0. The fourth-order valence-corrected chi connectivity index (χ4v) is 2.70. The molecule has 1 aromatic carbocycles. The lowest BCUT2D eigenvalue weighted by molar-refractivity contribution is 0.340. The molecule has 0 saturated heterocycles. The molecule has 5 nitrogen and oxygen atoms in total. The van der Waals surface area contributed by atoms with Gasteiger partial charge in [0.1, 0.15) is 5.75 Å². The number of aromatic nitrogens is 1. The minimum absolute atomic E-state index is 0. The number of rotatable bonds is 8. The maximum absolute atomic E-state index is 5.56. The molecule has 6 heteroatoms. The van der Waals surface area contributed by atoms with Crippen LogP contribution in [-0.4, -0.2) is 42.2 Å². The van der Waals surface area contributed by atoms with Gasteiger partial charge in [-0.15, -0.1) is 24.0 Å². The van der Waals surface area contributed by atoms with Crippen molar-refractivity contribution in [3.05, 3.63) is 53.9 Å². The molecule has 26 heavy (non-hydrogen) atoms. The fraction of sp³-hybridized carbons (Fsp3) is 0.450. The Morgan fingerprint density at radius 1 is 1.23 bits per heavy atom. The molecular formula is C20H31IN4O. The van der Waals surface area contributed by atoms with Crippen molar-refractivity contribution in [1.29, 1.82) is 0 Å². The predicted molar refractivity (Wildman–Crippen MR) is 120 cm³/mol. The Hall–Kier alpha value is -1.70. The van der Waals surface area contributed by atoms with Gasteiger partial charge in [0.05, 0.1) is 13.2 Å². The first-order valence-corrected chi connectivity index (χ1v) is 8.95. The molecule has 1 N–H and O–H groups in total. The molecule has 1 heterocycles. The molecule has 0 aliphatic heterocycles. The zero-order chi connectivity index (χ0) is 18.1. The molecule has 0 aliphatic rings. The van der Waals surface area contributed by atoms with Crippen LogP contribution in [0.15, 0.2) is 47.6 Å². The largest absolute Gasteiger partial charge is 0.494 e. The number of aryl methyl sites for hydroxylation is 1. The van der Waals surface area contributed by atoms with Crippen LogP contribution in [0.2, 0.25) is 0 Å². The lowest BCUT2D eigenvalue weighted by Gasteiger charge is -2.22. The number of guanidine groups is 1. The maximum Gasteiger partial charge on any atom is 0.194 e. The first kappa shape index (κ1) is 22.3. The number of nitrogens with zero attached hydrogens (tertiary/aromatic N) is 3. The molecule has 0 aliphatic carbocycles. The smallest absolute Gasteiger partial charge is 0.194 e. The van der Waals surface area contributed by atoms with Crippen LogP contribution in [0.1, 0.15) is 25.1 Å². The summed E-state index contributed by atoms with van der Waals surface area (Å²) in [5.74, 6) is 1.86. The van der Waals surface area contributed by atoms with Crippen molar-refractivity contribution < 1.29 is 4.74 Å². The Bertz CT molecular complexity index is 684. The first-order valence-electron chi connectivity index (χ1n) is 8.95. The summed E-state index contributed by atoms with van der Waals surface area (Å²) in [6.45, 7) is 7.22. The number of hydrogen-bond donors (Lipinski definition) is 1. The van der Waals surface area contributed by atoms with Crippen LogP contribution in [0.5, 0.6) is 5.75 Å². The molecule has 0 fully saturated rings. The summed E-state index contributed by atoms with van der Waals surface area (Å²) in [5, 5.41) is 3.37. The molecule has 0 unspecified atom stereocenters. The molecule has 0 amide bonds. The van der Waals surface area contributed by atoms with Gasteiger partial charge in [0, 0.05) is 39.1 Å². The summed E-state index contributed by atoms with van der Waals surface area (Å²) < 4.78 is 7.70. The highest BCUT2D eigenvalue weighted by Gasteiger charge is 2.08. The van der Waals surface area contributed by atoms with Crippen molar-refractivity contribution in [2.75, 3.05) is 26.7 Å². The van der Waals surface area contributed by atoms with Gasteiger partial charge in [0.2, 0.25) is 0 Å². The molecule has 0 atom stereocenters. The Morgan fingerprint density at radius 3 is 2.69 bits per heavy atom. The molecule has 2 aromatic rings. The molecule has 0 radical (unpaired) electrons. The molecule has 144 valence electrons. The second-order valence-corrected chi connectivity index (χ2v) is 6.03. The van der Waals surface area contributed by atoms with E-state index in [4.69, 9.17) is 9.73 Å². The fourth-order valence-electron chi connectivity index (χ4n) is 2.70. The Kier molecular flexibility index (Phi) is 10.2. The van der Waals surface area contributed by atoms with Gasteiger partial charge in [-0.1, -0.05) is 12.1 Å². The SMILES string of the molecule is CCNC(=NCCc1cccc(OCC)c1)N(C)Cc1cccn1C.I. The predicted octanol–water partition coefficient (Wildman–Crippen LogP) is 3.68. The second-order valence-electron chi connectivity index (χ2n) is 6.03. The van der Waals surface area contributed by atoms with Gasteiger partial charge in [-0.25, -0.2) is 0 Å². The summed E-state index contributed by atoms with van der Waals surface area (Å²) in [7, 11) is 4.14. The summed E-state index contributed by atoms with van der Waals surface area (Å²) >= 11 is 0. The third kappa shape index (κ3) is 6.90. The number of benzene rings is 1. The van der Waals surface area contributed by atoms with E-state index in [9.17, 15) is 0 Å². The molecule has 2 rings (SSSR count). The van der Waals surface area contributed by atoms with Crippen molar-refractivity contribution >= 4 is 29.9 Å². The van der Waals surface area contributed by atoms with E-state index in [1.165, 1.54) is 11.3 Å². The number of ether oxygens (including phenoxy) is 1. The van der Waals surface area contributed by atoms with E-state index >= 15 is 0 Å². The van der Waals surface area contributed by atoms with Gasteiger partial charge in [0.15, 0.2) is 5.96 Å².